The van der Waals surface area contributed by atoms with E-state index in [1.165, 1.54) is 55.4 Å². The Morgan fingerprint density at radius 2 is 1.38 bits per heavy atom. The van der Waals surface area contributed by atoms with Gasteiger partial charge in [0.25, 0.3) is 11.3 Å². The molecule has 0 saturated carbocycles. The second kappa shape index (κ2) is 7.49. The molecule has 1 aliphatic carbocycles. The Balaban J connectivity index is 1.32. The molecule has 4 aromatic heterocycles. The fourth-order valence-corrected chi connectivity index (χ4v) is 10.7. The van der Waals surface area contributed by atoms with Crippen molar-refractivity contribution < 1.29 is 14.1 Å². The summed E-state index contributed by atoms with van der Waals surface area (Å²) in [5, 5.41) is 2.45. The van der Waals surface area contributed by atoms with Gasteiger partial charge in [-0.05, 0) is 74.1 Å². The van der Waals surface area contributed by atoms with E-state index in [4.69, 9.17) is 14.7 Å². The number of quaternary nitrogens is 1. The summed E-state index contributed by atoms with van der Waals surface area (Å²) in [5.74, 6) is 2.71. The molecule has 5 aliphatic rings. The number of nitrogens with zero attached hydrogens (tertiary/aromatic N) is 7. The predicted molar refractivity (Wildman–Crippen MR) is 188 cm³/mol. The molecule has 8 heteroatoms. The van der Waals surface area contributed by atoms with Crippen LogP contribution in [0.15, 0.2) is 128 Å². The topological polar surface area (TPSA) is 52.6 Å². The lowest BCUT2D eigenvalue weighted by molar-refractivity contribution is -1.01. The molecule has 0 N–H and O–H groups in total. The molecule has 0 fully saturated rings. The number of aryl methyl sites for hydroxylation is 1. The van der Waals surface area contributed by atoms with Gasteiger partial charge in [0.1, 0.15) is 17.3 Å². The molecular weight excluding hydrogens is 619 g/mol. The van der Waals surface area contributed by atoms with Crippen LogP contribution in [0.1, 0.15) is 22.3 Å². The van der Waals surface area contributed by atoms with Crippen LogP contribution in [0, 0.1) is 0 Å². The summed E-state index contributed by atoms with van der Waals surface area (Å²) in [6.45, 7) is 0. The maximum absolute atomic E-state index is 7.03. The lowest BCUT2D eigenvalue weighted by Crippen LogP contribution is -2.84. The molecule has 1 atom stereocenters. The van der Waals surface area contributed by atoms with Gasteiger partial charge in [0, 0.05) is 16.5 Å². The van der Waals surface area contributed by atoms with Crippen molar-refractivity contribution in [1.29, 1.82) is 0 Å². The van der Waals surface area contributed by atoms with Gasteiger partial charge >= 0.3 is 22.8 Å². The van der Waals surface area contributed by atoms with Crippen molar-refractivity contribution in [2.24, 2.45) is 7.05 Å². The van der Waals surface area contributed by atoms with Crippen LogP contribution in [-0.4, -0.2) is 19.1 Å². The standard InChI is InChI=1S/C42H24N7O/c1-45-38-39(44-21-20-43-38)48-40(45)27-12-7-17-32-36(27)49(48)37-33(50-32)19-18-31-35(37)47-34-25(26-13-8-22-46(49)41(26)47)11-6-16-30(34)42(31)28-14-4-2-9-23(28)24-10-3-5-15-29(24)42/h2-22H,1H3/q+3. The van der Waals surface area contributed by atoms with Crippen molar-refractivity contribution in [1.82, 2.24) is 23.8 Å². The zero-order chi connectivity index (χ0) is 32.2. The molecular formula is C42H24N7O+3. The summed E-state index contributed by atoms with van der Waals surface area (Å²) in [4.78, 5) is 9.93. The van der Waals surface area contributed by atoms with E-state index in [2.05, 4.69) is 141 Å². The quantitative estimate of drug-likeness (QED) is 0.129. The molecule has 0 radical (unpaired) electrons. The molecule has 4 aliphatic heterocycles. The molecule has 230 valence electrons. The number of rotatable bonds is 0. The average Bonchev–Trinajstić information content (AvgIpc) is 3.86. The van der Waals surface area contributed by atoms with Crippen LogP contribution in [0.2, 0.25) is 0 Å². The highest BCUT2D eigenvalue weighted by molar-refractivity contribution is 6.12. The highest BCUT2D eigenvalue weighted by atomic mass is 16.5. The first-order chi connectivity index (χ1) is 24.8. The number of fused-ring (bicyclic) bond motifs is 12. The van der Waals surface area contributed by atoms with Gasteiger partial charge in [-0.2, -0.15) is 4.57 Å². The molecule has 9 aromatic rings. The largest absolute Gasteiger partial charge is 0.444 e. The maximum Gasteiger partial charge on any atom is 0.378 e. The number of pyridine rings is 1. The van der Waals surface area contributed by atoms with Crippen LogP contribution in [0.3, 0.4) is 0 Å². The maximum atomic E-state index is 7.03. The van der Waals surface area contributed by atoms with Gasteiger partial charge in [0.15, 0.2) is 11.9 Å². The Kier molecular flexibility index (Phi) is 3.67. The highest BCUT2D eigenvalue weighted by Gasteiger charge is 2.70. The molecule has 1 unspecified atom stereocenters. The van der Waals surface area contributed by atoms with Crippen LogP contribution in [0.4, 0.5) is 11.4 Å². The van der Waals surface area contributed by atoms with Gasteiger partial charge < -0.3 is 4.74 Å². The van der Waals surface area contributed by atoms with E-state index in [0.717, 1.165) is 51.2 Å². The fraction of sp³-hybridized carbons (Fsp3) is 0.0476. The Labute approximate surface area is 284 Å². The van der Waals surface area contributed by atoms with Gasteiger partial charge in [0.05, 0.1) is 28.7 Å². The van der Waals surface area contributed by atoms with E-state index in [9.17, 15) is 0 Å². The van der Waals surface area contributed by atoms with E-state index in [1.54, 1.807) is 12.4 Å². The molecule has 8 nitrogen and oxygen atoms in total. The molecule has 0 amide bonds. The van der Waals surface area contributed by atoms with Gasteiger partial charge in [-0.25, -0.2) is 9.55 Å². The SMILES string of the molecule is Cn1c2[n+](c3nccnc31)[N+]13c4c(cccc4-2)Oc2ccc4c(c21)-n1c2c(cccc2c2ccc[n+]3c21)C41c2ccccc2-c2ccccc21. The highest BCUT2D eigenvalue weighted by Crippen LogP contribution is 2.66. The minimum atomic E-state index is -0.542. The lowest BCUT2D eigenvalue weighted by Gasteiger charge is -2.41. The number of benzene rings is 5. The van der Waals surface area contributed by atoms with Crippen LogP contribution >= 0.6 is 0 Å². The van der Waals surface area contributed by atoms with Gasteiger partial charge in [-0.3, -0.25) is 0 Å². The third-order valence-corrected chi connectivity index (χ3v) is 12.2. The summed E-state index contributed by atoms with van der Waals surface area (Å²) >= 11 is 0. The van der Waals surface area contributed by atoms with Gasteiger partial charge in [-0.15, -0.1) is 4.98 Å². The number of aromatic nitrogens is 6. The monoisotopic (exact) mass is 642 g/mol. The average molecular weight is 643 g/mol. The van der Waals surface area contributed by atoms with E-state index in [0.29, 0.717) is 0 Å². The first-order valence-corrected chi connectivity index (χ1v) is 17.1. The normalized spacial score (nSPS) is 18.1. The van der Waals surface area contributed by atoms with Crippen molar-refractivity contribution in [2.75, 3.05) is 0 Å². The van der Waals surface area contributed by atoms with E-state index < -0.39 is 5.41 Å². The first kappa shape index (κ1) is 24.5. The first-order valence-electron chi connectivity index (χ1n) is 17.1. The minimum Gasteiger partial charge on any atom is -0.444 e. The summed E-state index contributed by atoms with van der Waals surface area (Å²) in [7, 11) is 2.10. The Morgan fingerprint density at radius 1 is 0.660 bits per heavy atom. The number of hydrogen-bond donors (Lipinski definition) is 0. The van der Waals surface area contributed by atoms with E-state index >= 15 is 0 Å². The second-order valence-corrected chi connectivity index (χ2v) is 14.0. The number of para-hydroxylation sites is 2. The zero-order valence-electron chi connectivity index (χ0n) is 26.7. The molecule has 8 heterocycles. The Bertz CT molecular complexity index is 3120. The van der Waals surface area contributed by atoms with Gasteiger partial charge in [-0.1, -0.05) is 66.7 Å². The Hall–Kier alpha value is -6.64. The van der Waals surface area contributed by atoms with Crippen molar-refractivity contribution in [3.63, 3.8) is 0 Å². The number of hydrogen-bond acceptors (Lipinski definition) is 3. The number of imidazole rings is 1. The number of ether oxygens (including phenoxy) is 1. The summed E-state index contributed by atoms with van der Waals surface area (Å²) in [5.41, 5.74) is 15.7. The fourth-order valence-electron chi connectivity index (χ4n) is 10.7. The van der Waals surface area contributed by atoms with Crippen LogP contribution in [0.25, 0.3) is 61.4 Å². The van der Waals surface area contributed by atoms with Crippen molar-refractivity contribution in [2.45, 2.75) is 5.41 Å². The molecule has 2 spiro atoms. The van der Waals surface area contributed by atoms with Gasteiger partial charge in [0.2, 0.25) is 11.4 Å². The summed E-state index contributed by atoms with van der Waals surface area (Å²) < 4.78 is 16.8. The van der Waals surface area contributed by atoms with Crippen molar-refractivity contribution in [3.8, 4) is 39.7 Å². The van der Waals surface area contributed by atoms with E-state index in [-0.39, 0.29) is 4.70 Å². The lowest BCUT2D eigenvalue weighted by atomic mass is 9.65. The Morgan fingerprint density at radius 3 is 2.24 bits per heavy atom. The smallest absolute Gasteiger partial charge is 0.378 e. The zero-order valence-corrected chi connectivity index (χ0v) is 26.7. The second-order valence-electron chi connectivity index (χ2n) is 14.0. The molecule has 0 saturated heterocycles. The van der Waals surface area contributed by atoms with Crippen molar-refractivity contribution in [3.05, 3.63) is 150 Å². The molecule has 5 aromatic carbocycles. The van der Waals surface area contributed by atoms with Crippen LogP contribution < -0.4 is 18.8 Å². The minimum absolute atomic E-state index is 0.248. The summed E-state index contributed by atoms with van der Waals surface area (Å²) in [6.07, 6.45) is 5.82. The van der Waals surface area contributed by atoms with Crippen LogP contribution in [0.5, 0.6) is 11.5 Å². The predicted octanol–water partition coefficient (Wildman–Crippen LogP) is 7.28. The molecule has 14 rings (SSSR count). The van der Waals surface area contributed by atoms with Crippen LogP contribution in [-0.2, 0) is 12.5 Å². The third kappa shape index (κ3) is 2.14. The third-order valence-electron chi connectivity index (χ3n) is 12.2. The molecule has 50 heavy (non-hydrogen) atoms. The van der Waals surface area contributed by atoms with Crippen molar-refractivity contribution >= 4 is 44.6 Å². The van der Waals surface area contributed by atoms with E-state index in [1.807, 2.05) is 0 Å². The molecule has 0 bridgehead atoms. The summed E-state index contributed by atoms with van der Waals surface area (Å²) in [6, 6.07) is 40.4.